The van der Waals surface area contributed by atoms with Crippen LogP contribution < -0.4 is 13.8 Å². The predicted octanol–water partition coefficient (Wildman–Crippen LogP) is 3.14. The number of nitro benzene ring substituents is 1. The molecule has 0 aliphatic rings. The Morgan fingerprint density at radius 3 is 2.35 bits per heavy atom. The normalized spacial score (nSPS) is 11.1. The zero-order chi connectivity index (χ0) is 19.5. The van der Waals surface area contributed by atoms with Crippen LogP contribution in [0.3, 0.4) is 0 Å². The molecule has 140 valence electrons. The van der Waals surface area contributed by atoms with Gasteiger partial charge in [0.05, 0.1) is 29.7 Å². The molecule has 0 saturated carbocycles. The molecule has 0 atom stereocenters. The van der Waals surface area contributed by atoms with E-state index in [4.69, 9.17) is 9.47 Å². The molecule has 0 N–H and O–H groups in total. The lowest BCUT2D eigenvalue weighted by Gasteiger charge is -2.25. The van der Waals surface area contributed by atoms with Crippen molar-refractivity contribution in [2.75, 3.05) is 25.1 Å². The molecule has 0 amide bonds. The van der Waals surface area contributed by atoms with Crippen molar-refractivity contribution in [1.29, 1.82) is 0 Å². The fraction of sp³-hybridized carbons (Fsp3) is 0.294. The first-order chi connectivity index (χ1) is 12.3. The minimum atomic E-state index is -4.04. The van der Waals surface area contributed by atoms with Crippen LogP contribution in [0.4, 0.5) is 11.4 Å². The average Bonchev–Trinajstić information content (AvgIpc) is 2.61. The van der Waals surface area contributed by atoms with Gasteiger partial charge in [-0.2, -0.15) is 0 Å². The highest BCUT2D eigenvalue weighted by Gasteiger charge is 2.28. The summed E-state index contributed by atoms with van der Waals surface area (Å²) in [5.41, 5.74) is 0.424. The Morgan fingerprint density at radius 2 is 1.81 bits per heavy atom. The largest absolute Gasteiger partial charge is 0.497 e. The first-order valence-corrected chi connectivity index (χ1v) is 9.20. The van der Waals surface area contributed by atoms with Crippen LogP contribution in [-0.2, 0) is 10.0 Å². The van der Waals surface area contributed by atoms with E-state index in [-0.39, 0.29) is 22.8 Å². The van der Waals surface area contributed by atoms with E-state index in [1.165, 1.54) is 26.4 Å². The number of aryl methyl sites for hydroxylation is 1. The van der Waals surface area contributed by atoms with Gasteiger partial charge in [-0.25, -0.2) is 8.42 Å². The number of nitro groups is 1. The molecule has 0 heterocycles. The molecule has 0 unspecified atom stereocenters. The molecule has 0 saturated heterocycles. The van der Waals surface area contributed by atoms with Gasteiger partial charge in [0.25, 0.3) is 15.7 Å². The number of rotatable bonds is 7. The molecule has 0 bridgehead atoms. The summed E-state index contributed by atoms with van der Waals surface area (Å²) in [6.07, 6.45) is 0. The van der Waals surface area contributed by atoms with E-state index in [9.17, 15) is 18.5 Å². The topological polar surface area (TPSA) is 99.0 Å². The highest BCUT2D eigenvalue weighted by atomic mass is 32.2. The third-order valence-corrected chi connectivity index (χ3v) is 5.79. The maximum absolute atomic E-state index is 13.1. The van der Waals surface area contributed by atoms with Crippen molar-refractivity contribution in [3.05, 3.63) is 52.1 Å². The van der Waals surface area contributed by atoms with Gasteiger partial charge in [0.15, 0.2) is 0 Å². The molecule has 2 rings (SSSR count). The first-order valence-electron chi connectivity index (χ1n) is 7.76. The summed E-state index contributed by atoms with van der Waals surface area (Å²) in [5.74, 6) is 0.808. The summed E-state index contributed by atoms with van der Waals surface area (Å²) < 4.78 is 37.8. The van der Waals surface area contributed by atoms with Crippen LogP contribution in [-0.4, -0.2) is 34.1 Å². The lowest BCUT2D eigenvalue weighted by Crippen LogP contribution is -2.31. The summed E-state index contributed by atoms with van der Waals surface area (Å²) in [6, 6.07) is 8.64. The molecule has 0 aromatic heterocycles. The zero-order valence-electron chi connectivity index (χ0n) is 14.9. The van der Waals surface area contributed by atoms with Gasteiger partial charge in [0, 0.05) is 24.2 Å². The molecule has 0 fully saturated rings. The minimum Gasteiger partial charge on any atom is -0.497 e. The monoisotopic (exact) mass is 380 g/mol. The maximum atomic E-state index is 13.1. The van der Waals surface area contributed by atoms with E-state index in [2.05, 4.69) is 0 Å². The quantitative estimate of drug-likeness (QED) is 0.540. The fourth-order valence-electron chi connectivity index (χ4n) is 2.54. The van der Waals surface area contributed by atoms with Gasteiger partial charge >= 0.3 is 0 Å². The Bertz CT molecular complexity index is 927. The van der Waals surface area contributed by atoms with Gasteiger partial charge in [-0.1, -0.05) is 6.07 Å². The van der Waals surface area contributed by atoms with Crippen molar-refractivity contribution in [3.8, 4) is 11.5 Å². The van der Waals surface area contributed by atoms with Crippen LogP contribution in [0, 0.1) is 17.0 Å². The second-order valence-electron chi connectivity index (χ2n) is 5.41. The molecule has 0 aliphatic heterocycles. The van der Waals surface area contributed by atoms with Crippen LogP contribution in [0.25, 0.3) is 0 Å². The summed E-state index contributed by atoms with van der Waals surface area (Å²) >= 11 is 0. The van der Waals surface area contributed by atoms with E-state index < -0.39 is 14.9 Å². The maximum Gasteiger partial charge on any atom is 0.273 e. The standard InChI is InChI=1S/C17H20N2O6S/c1-5-18(16-10-13(24-3)7-9-17(16)25-4)26(22,23)14-8-6-12(2)15(11-14)19(20)21/h6-11H,5H2,1-4H3. The lowest BCUT2D eigenvalue weighted by molar-refractivity contribution is -0.385. The molecule has 8 nitrogen and oxygen atoms in total. The van der Waals surface area contributed by atoms with Gasteiger partial charge in [-0.15, -0.1) is 0 Å². The molecule has 9 heteroatoms. The number of hydrogen-bond acceptors (Lipinski definition) is 6. The Kier molecular flexibility index (Phi) is 5.71. The van der Waals surface area contributed by atoms with E-state index in [0.717, 1.165) is 10.4 Å². The van der Waals surface area contributed by atoms with Crippen molar-refractivity contribution in [2.45, 2.75) is 18.7 Å². The van der Waals surface area contributed by atoms with Crippen molar-refractivity contribution in [1.82, 2.24) is 0 Å². The lowest BCUT2D eigenvalue weighted by atomic mass is 10.2. The van der Waals surface area contributed by atoms with Gasteiger partial charge in [0.2, 0.25) is 0 Å². The molecule has 2 aromatic rings. The zero-order valence-corrected chi connectivity index (χ0v) is 15.7. The molecular formula is C17H20N2O6S. The number of anilines is 1. The highest BCUT2D eigenvalue weighted by Crippen LogP contribution is 2.36. The van der Waals surface area contributed by atoms with Crippen molar-refractivity contribution >= 4 is 21.4 Å². The van der Waals surface area contributed by atoms with Crippen LogP contribution in [0.2, 0.25) is 0 Å². The van der Waals surface area contributed by atoms with Crippen molar-refractivity contribution in [3.63, 3.8) is 0 Å². The second kappa shape index (κ2) is 7.61. The molecule has 2 aromatic carbocycles. The number of benzene rings is 2. The molecule has 0 aliphatic carbocycles. The third kappa shape index (κ3) is 3.57. The predicted molar refractivity (Wildman–Crippen MR) is 97.6 cm³/mol. The summed E-state index contributed by atoms with van der Waals surface area (Å²) in [5, 5.41) is 11.2. The molecule has 26 heavy (non-hydrogen) atoms. The number of ether oxygens (including phenoxy) is 2. The van der Waals surface area contributed by atoms with Gasteiger partial charge in [0.1, 0.15) is 11.5 Å². The minimum absolute atomic E-state index is 0.105. The second-order valence-corrected chi connectivity index (χ2v) is 7.28. The van der Waals surface area contributed by atoms with Crippen LogP contribution in [0.15, 0.2) is 41.3 Å². The average molecular weight is 380 g/mol. The van der Waals surface area contributed by atoms with E-state index in [1.807, 2.05) is 0 Å². The first kappa shape index (κ1) is 19.5. The Morgan fingerprint density at radius 1 is 1.12 bits per heavy atom. The van der Waals surface area contributed by atoms with E-state index >= 15 is 0 Å². The van der Waals surface area contributed by atoms with E-state index in [0.29, 0.717) is 17.1 Å². The Hall–Kier alpha value is -2.81. The SMILES string of the molecule is CCN(c1cc(OC)ccc1OC)S(=O)(=O)c1ccc(C)c([N+](=O)[O-])c1. The smallest absolute Gasteiger partial charge is 0.273 e. The van der Waals surface area contributed by atoms with Gasteiger partial charge in [-0.05, 0) is 32.0 Å². The van der Waals surface area contributed by atoms with Gasteiger partial charge < -0.3 is 9.47 Å². The number of methoxy groups -OCH3 is 2. The van der Waals surface area contributed by atoms with Crippen molar-refractivity contribution < 1.29 is 22.8 Å². The highest BCUT2D eigenvalue weighted by molar-refractivity contribution is 7.92. The van der Waals surface area contributed by atoms with Gasteiger partial charge in [-0.3, -0.25) is 14.4 Å². The molecule has 0 radical (unpaired) electrons. The van der Waals surface area contributed by atoms with Crippen LogP contribution in [0.5, 0.6) is 11.5 Å². The molecular weight excluding hydrogens is 360 g/mol. The molecule has 0 spiro atoms. The van der Waals surface area contributed by atoms with Crippen molar-refractivity contribution in [2.24, 2.45) is 0 Å². The van der Waals surface area contributed by atoms with Crippen LogP contribution >= 0.6 is 0 Å². The summed E-state index contributed by atoms with van der Waals surface area (Å²) in [4.78, 5) is 10.4. The Labute approximate surface area is 152 Å². The summed E-state index contributed by atoms with van der Waals surface area (Å²) in [6.45, 7) is 3.32. The van der Waals surface area contributed by atoms with E-state index in [1.54, 1.807) is 32.0 Å². The van der Waals surface area contributed by atoms with Crippen LogP contribution in [0.1, 0.15) is 12.5 Å². The number of hydrogen-bond donors (Lipinski definition) is 0. The summed E-state index contributed by atoms with van der Waals surface area (Å²) in [7, 11) is -1.14. The number of sulfonamides is 1. The number of nitrogens with zero attached hydrogens (tertiary/aromatic N) is 2. The Balaban J connectivity index is 2.63. The fourth-order valence-corrected chi connectivity index (χ4v) is 4.03. The third-order valence-electron chi connectivity index (χ3n) is 3.91.